The van der Waals surface area contributed by atoms with Gasteiger partial charge in [0.25, 0.3) is 0 Å². The number of carbonyl (C=O) groups is 2. The maximum absolute atomic E-state index is 10.5. The van der Waals surface area contributed by atoms with Crippen molar-refractivity contribution in [1.29, 1.82) is 0 Å². The number of hydrogen-bond donors (Lipinski definition) is 4. The number of carboxylic acids is 2. The van der Waals surface area contributed by atoms with Gasteiger partial charge in [-0.2, -0.15) is 0 Å². The topological polar surface area (TPSA) is 135 Å². The second kappa shape index (κ2) is 12.4. The van der Waals surface area contributed by atoms with Gasteiger partial charge in [0.15, 0.2) is 11.5 Å². The molecule has 1 aromatic rings. The molecule has 9 nitrogen and oxygen atoms in total. The molecule has 0 aliphatic carbocycles. The van der Waals surface area contributed by atoms with Gasteiger partial charge in [0.05, 0.1) is 25.9 Å². The highest BCUT2D eigenvalue weighted by Crippen LogP contribution is 2.33. The minimum atomic E-state index is -1.82. The number of nitrogens with one attached hydrogen (secondary N) is 1. The smallest absolute Gasteiger partial charge is 0.414 e. The molecule has 0 aromatic heterocycles. The molecule has 0 spiro atoms. The zero-order chi connectivity index (χ0) is 22.7. The molecular weight excluding hydrogens is 394 g/mol. The van der Waals surface area contributed by atoms with E-state index in [1.807, 2.05) is 18.2 Å². The molecule has 0 bridgehead atoms. The van der Waals surface area contributed by atoms with Crippen molar-refractivity contribution in [1.82, 2.24) is 5.32 Å². The van der Waals surface area contributed by atoms with Gasteiger partial charge in [0.1, 0.15) is 0 Å². The zero-order valence-corrected chi connectivity index (χ0v) is 18.0. The molecule has 1 aliphatic heterocycles. The molecule has 1 saturated heterocycles. The molecule has 0 saturated carbocycles. The van der Waals surface area contributed by atoms with Gasteiger partial charge >= 0.3 is 11.9 Å². The molecule has 4 N–H and O–H groups in total. The largest absolute Gasteiger partial charge is 0.493 e. The van der Waals surface area contributed by atoms with Gasteiger partial charge in [-0.05, 0) is 49.8 Å². The molecule has 3 unspecified atom stereocenters. The number of hydrogen-bond acceptors (Lipinski definition) is 7. The Labute approximate surface area is 177 Å². The first-order chi connectivity index (χ1) is 14.2. The number of carboxylic acid groups (broad SMARTS) is 2. The number of aliphatic carboxylic acids is 2. The van der Waals surface area contributed by atoms with Crippen LogP contribution in [0.2, 0.25) is 0 Å². The lowest BCUT2D eigenvalue weighted by Gasteiger charge is -2.39. The number of benzene rings is 1. The molecule has 1 heterocycles. The van der Waals surface area contributed by atoms with Crippen LogP contribution in [0.1, 0.15) is 38.7 Å². The molecule has 30 heavy (non-hydrogen) atoms. The van der Waals surface area contributed by atoms with Gasteiger partial charge in [0.2, 0.25) is 0 Å². The molecule has 0 amide bonds. The SMILES string of the molecule is CCC1(C)CC(C(O)CNCc2ccc(OC)c(OC)c2)CCO1.O=C(O)C(=O)O. The second-order valence-electron chi connectivity index (χ2n) is 7.40. The van der Waals surface area contributed by atoms with E-state index < -0.39 is 11.9 Å². The second-order valence-corrected chi connectivity index (χ2v) is 7.40. The average Bonchev–Trinajstić information content (AvgIpc) is 2.73. The fourth-order valence-corrected chi connectivity index (χ4v) is 3.27. The summed E-state index contributed by atoms with van der Waals surface area (Å²) in [5, 5.41) is 28.6. The van der Waals surface area contributed by atoms with E-state index in [-0.39, 0.29) is 11.7 Å². The summed E-state index contributed by atoms with van der Waals surface area (Å²) in [4.78, 5) is 18.2. The van der Waals surface area contributed by atoms with Gasteiger partial charge in [-0.15, -0.1) is 0 Å². The van der Waals surface area contributed by atoms with Crippen LogP contribution in [-0.4, -0.2) is 66.3 Å². The third-order valence-corrected chi connectivity index (χ3v) is 5.24. The maximum Gasteiger partial charge on any atom is 0.414 e. The highest BCUT2D eigenvalue weighted by molar-refractivity contribution is 6.27. The van der Waals surface area contributed by atoms with Crippen molar-refractivity contribution in [3.05, 3.63) is 23.8 Å². The van der Waals surface area contributed by atoms with Crippen molar-refractivity contribution in [3.63, 3.8) is 0 Å². The van der Waals surface area contributed by atoms with Crippen LogP contribution in [0.4, 0.5) is 0 Å². The van der Waals surface area contributed by atoms with Crippen LogP contribution in [-0.2, 0) is 20.9 Å². The molecule has 2 rings (SSSR count). The van der Waals surface area contributed by atoms with Gasteiger partial charge in [0, 0.05) is 19.7 Å². The predicted molar refractivity (Wildman–Crippen MR) is 110 cm³/mol. The number of aliphatic hydroxyl groups is 1. The van der Waals surface area contributed by atoms with Crippen molar-refractivity contribution < 1.29 is 39.1 Å². The Morgan fingerprint density at radius 3 is 2.40 bits per heavy atom. The van der Waals surface area contributed by atoms with Crippen LogP contribution in [0.5, 0.6) is 11.5 Å². The monoisotopic (exact) mass is 427 g/mol. The highest BCUT2D eigenvalue weighted by atomic mass is 16.5. The van der Waals surface area contributed by atoms with Gasteiger partial charge < -0.3 is 34.8 Å². The Bertz CT molecular complexity index is 684. The van der Waals surface area contributed by atoms with Crippen LogP contribution >= 0.6 is 0 Å². The molecule has 1 aromatic carbocycles. The summed E-state index contributed by atoms with van der Waals surface area (Å²) in [5.41, 5.74) is 1.01. The minimum absolute atomic E-state index is 0.0900. The molecule has 1 aliphatic rings. The van der Waals surface area contributed by atoms with Crippen molar-refractivity contribution in [2.24, 2.45) is 5.92 Å². The van der Waals surface area contributed by atoms with Crippen LogP contribution in [0.25, 0.3) is 0 Å². The van der Waals surface area contributed by atoms with Crippen LogP contribution in [0, 0.1) is 5.92 Å². The normalized spacial score (nSPS) is 21.7. The molecule has 0 radical (unpaired) electrons. The lowest BCUT2D eigenvalue weighted by molar-refractivity contribution is -0.159. The summed E-state index contributed by atoms with van der Waals surface area (Å²) in [6.07, 6.45) is 2.48. The standard InChI is InChI=1S/C19H31NO4.C2H2O4/c1-5-19(2)11-15(8-9-24-19)16(21)13-20-12-14-6-7-17(22-3)18(10-14)23-4;3-1(4)2(5)6/h6-7,10,15-16,20-21H,5,8-9,11-13H2,1-4H3;(H,3,4)(H,5,6). The van der Waals surface area contributed by atoms with E-state index in [4.69, 9.17) is 34.0 Å². The lowest BCUT2D eigenvalue weighted by Crippen LogP contribution is -2.43. The van der Waals surface area contributed by atoms with Crippen LogP contribution in [0.3, 0.4) is 0 Å². The molecule has 3 atom stereocenters. The highest BCUT2D eigenvalue weighted by Gasteiger charge is 2.34. The lowest BCUT2D eigenvalue weighted by atomic mass is 9.82. The summed E-state index contributed by atoms with van der Waals surface area (Å²) in [6, 6.07) is 5.86. The molecule has 170 valence electrons. The first-order valence-electron chi connectivity index (χ1n) is 9.85. The summed E-state index contributed by atoms with van der Waals surface area (Å²) in [5.74, 6) is -1.91. The molecular formula is C21H33NO8. The molecule has 1 fully saturated rings. The Balaban J connectivity index is 0.000000656. The fraction of sp³-hybridized carbons (Fsp3) is 0.619. The Morgan fingerprint density at radius 2 is 1.87 bits per heavy atom. The first-order valence-corrected chi connectivity index (χ1v) is 9.85. The van der Waals surface area contributed by atoms with Crippen LogP contribution < -0.4 is 14.8 Å². The third kappa shape index (κ3) is 8.17. The van der Waals surface area contributed by atoms with E-state index in [2.05, 4.69) is 19.2 Å². The third-order valence-electron chi connectivity index (χ3n) is 5.24. The van der Waals surface area contributed by atoms with Crippen molar-refractivity contribution in [3.8, 4) is 11.5 Å². The Morgan fingerprint density at radius 1 is 1.23 bits per heavy atom. The van der Waals surface area contributed by atoms with E-state index in [0.717, 1.165) is 42.9 Å². The van der Waals surface area contributed by atoms with Crippen LogP contribution in [0.15, 0.2) is 18.2 Å². The Hall–Kier alpha value is -2.36. The van der Waals surface area contributed by atoms with Crippen molar-refractivity contribution in [2.75, 3.05) is 27.4 Å². The quantitative estimate of drug-likeness (QED) is 0.459. The molecule has 9 heteroatoms. The zero-order valence-electron chi connectivity index (χ0n) is 18.0. The van der Waals surface area contributed by atoms with Crippen molar-refractivity contribution in [2.45, 2.75) is 51.4 Å². The number of methoxy groups -OCH3 is 2. The van der Waals surface area contributed by atoms with E-state index in [0.29, 0.717) is 19.0 Å². The summed E-state index contributed by atoms with van der Waals surface area (Å²) in [6.45, 7) is 6.29. The summed E-state index contributed by atoms with van der Waals surface area (Å²) in [7, 11) is 3.26. The first kappa shape index (κ1) is 25.7. The van der Waals surface area contributed by atoms with E-state index in [9.17, 15) is 5.11 Å². The van der Waals surface area contributed by atoms with Gasteiger partial charge in [-0.3, -0.25) is 0 Å². The van der Waals surface area contributed by atoms with E-state index in [1.165, 1.54) is 0 Å². The maximum atomic E-state index is 10.5. The number of rotatable bonds is 8. The van der Waals surface area contributed by atoms with E-state index >= 15 is 0 Å². The fourth-order valence-electron chi connectivity index (χ4n) is 3.27. The van der Waals surface area contributed by atoms with Gasteiger partial charge in [-0.25, -0.2) is 9.59 Å². The van der Waals surface area contributed by atoms with E-state index in [1.54, 1.807) is 14.2 Å². The minimum Gasteiger partial charge on any atom is -0.493 e. The van der Waals surface area contributed by atoms with Gasteiger partial charge in [-0.1, -0.05) is 13.0 Å². The predicted octanol–water partition coefficient (Wildman–Crippen LogP) is 1.91. The summed E-state index contributed by atoms with van der Waals surface area (Å²) >= 11 is 0. The number of ether oxygens (including phenoxy) is 3. The van der Waals surface area contributed by atoms with Crippen molar-refractivity contribution >= 4 is 11.9 Å². The average molecular weight is 427 g/mol. The number of aliphatic hydroxyl groups excluding tert-OH is 1. The Kier molecular flexibility index (Phi) is 10.6. The summed E-state index contributed by atoms with van der Waals surface area (Å²) < 4.78 is 16.4.